The first-order valence-electron chi connectivity index (χ1n) is 11.3. The van der Waals surface area contributed by atoms with Crippen molar-refractivity contribution in [2.75, 3.05) is 0 Å². The van der Waals surface area contributed by atoms with Crippen LogP contribution < -0.4 is 0 Å². The molecule has 7 aromatic rings. The Morgan fingerprint density at radius 1 is 0.618 bits per heavy atom. The highest BCUT2D eigenvalue weighted by atomic mass is 79.9. The molecule has 0 amide bonds. The van der Waals surface area contributed by atoms with Crippen molar-refractivity contribution in [3.8, 4) is 16.8 Å². The SMILES string of the molecule is Brc1ccc2c(c1)c1cc(-c3cccc4ccc5cccnc5c34)ccc1n2-c1ccccc1. The molecule has 5 aromatic carbocycles. The number of benzene rings is 5. The van der Waals surface area contributed by atoms with Gasteiger partial charge in [0.05, 0.1) is 16.6 Å². The van der Waals surface area contributed by atoms with Crippen LogP contribution in [0.4, 0.5) is 0 Å². The van der Waals surface area contributed by atoms with E-state index in [9.17, 15) is 0 Å². The van der Waals surface area contributed by atoms with Gasteiger partial charge in [-0.3, -0.25) is 4.98 Å². The van der Waals surface area contributed by atoms with Gasteiger partial charge in [-0.1, -0.05) is 76.6 Å². The number of pyridine rings is 1. The maximum absolute atomic E-state index is 4.75. The third-order valence-corrected chi connectivity index (χ3v) is 7.16. The summed E-state index contributed by atoms with van der Waals surface area (Å²) in [7, 11) is 0. The average Bonchev–Trinajstić information content (AvgIpc) is 3.21. The lowest BCUT2D eigenvalue weighted by molar-refractivity contribution is 1.18. The van der Waals surface area contributed by atoms with Crippen molar-refractivity contribution in [1.29, 1.82) is 0 Å². The highest BCUT2D eigenvalue weighted by molar-refractivity contribution is 9.10. The lowest BCUT2D eigenvalue weighted by Crippen LogP contribution is -1.93. The van der Waals surface area contributed by atoms with Crippen LogP contribution in [0, 0.1) is 0 Å². The number of hydrogen-bond donors (Lipinski definition) is 0. The first-order valence-corrected chi connectivity index (χ1v) is 12.1. The van der Waals surface area contributed by atoms with Crippen LogP contribution in [0.3, 0.4) is 0 Å². The second-order valence-corrected chi connectivity index (χ2v) is 9.52. The van der Waals surface area contributed by atoms with Crippen LogP contribution in [0.15, 0.2) is 120 Å². The molecule has 0 fully saturated rings. The summed E-state index contributed by atoms with van der Waals surface area (Å²) in [5, 5.41) is 6.04. The van der Waals surface area contributed by atoms with E-state index in [1.807, 2.05) is 12.3 Å². The summed E-state index contributed by atoms with van der Waals surface area (Å²) >= 11 is 3.69. The predicted molar refractivity (Wildman–Crippen MR) is 147 cm³/mol. The molecule has 160 valence electrons. The summed E-state index contributed by atoms with van der Waals surface area (Å²) in [6.07, 6.45) is 1.88. The number of hydrogen-bond acceptors (Lipinski definition) is 1. The highest BCUT2D eigenvalue weighted by Crippen LogP contribution is 2.39. The van der Waals surface area contributed by atoms with E-state index in [1.54, 1.807) is 0 Å². The van der Waals surface area contributed by atoms with E-state index in [1.165, 1.54) is 43.7 Å². The molecule has 0 saturated heterocycles. The molecule has 0 unspecified atom stereocenters. The molecule has 3 heteroatoms. The Labute approximate surface area is 205 Å². The zero-order chi connectivity index (χ0) is 22.6. The summed E-state index contributed by atoms with van der Waals surface area (Å²) in [6, 6.07) is 38.9. The fourth-order valence-electron chi connectivity index (χ4n) is 5.17. The summed E-state index contributed by atoms with van der Waals surface area (Å²) in [6.45, 7) is 0. The summed E-state index contributed by atoms with van der Waals surface area (Å²) in [5.74, 6) is 0. The first-order chi connectivity index (χ1) is 16.8. The third kappa shape index (κ3) is 2.91. The fourth-order valence-corrected chi connectivity index (χ4v) is 5.53. The lowest BCUT2D eigenvalue weighted by Gasteiger charge is -2.11. The van der Waals surface area contributed by atoms with Crippen molar-refractivity contribution in [3.63, 3.8) is 0 Å². The van der Waals surface area contributed by atoms with Gasteiger partial charge in [-0.15, -0.1) is 0 Å². The quantitative estimate of drug-likeness (QED) is 0.217. The predicted octanol–water partition coefficient (Wildman–Crippen LogP) is 8.91. The molecule has 0 radical (unpaired) electrons. The second kappa shape index (κ2) is 7.54. The average molecular weight is 499 g/mol. The molecule has 0 spiro atoms. The van der Waals surface area contributed by atoms with Gasteiger partial charge in [0.15, 0.2) is 0 Å². The largest absolute Gasteiger partial charge is 0.309 e. The zero-order valence-electron chi connectivity index (χ0n) is 18.2. The lowest BCUT2D eigenvalue weighted by atomic mass is 9.95. The molecular formula is C31H19BrN2. The minimum Gasteiger partial charge on any atom is -0.309 e. The summed E-state index contributed by atoms with van der Waals surface area (Å²) < 4.78 is 3.43. The highest BCUT2D eigenvalue weighted by Gasteiger charge is 2.15. The molecule has 0 aliphatic rings. The van der Waals surface area contributed by atoms with Crippen molar-refractivity contribution in [1.82, 2.24) is 9.55 Å². The van der Waals surface area contributed by atoms with E-state index < -0.39 is 0 Å². The number of aromatic nitrogens is 2. The molecule has 2 heterocycles. The normalized spacial score (nSPS) is 11.7. The number of halogens is 1. The van der Waals surface area contributed by atoms with Crippen molar-refractivity contribution in [3.05, 3.63) is 120 Å². The minimum atomic E-state index is 1.05. The van der Waals surface area contributed by atoms with Gasteiger partial charge in [-0.25, -0.2) is 0 Å². The van der Waals surface area contributed by atoms with Crippen molar-refractivity contribution < 1.29 is 0 Å². The van der Waals surface area contributed by atoms with Gasteiger partial charge >= 0.3 is 0 Å². The minimum absolute atomic E-state index is 1.05. The van der Waals surface area contributed by atoms with Crippen LogP contribution in [0.25, 0.3) is 60.3 Å². The first kappa shape index (κ1) is 19.5. The number of fused-ring (bicyclic) bond motifs is 6. The number of rotatable bonds is 2. The van der Waals surface area contributed by atoms with Crippen LogP contribution in [-0.4, -0.2) is 9.55 Å². The van der Waals surface area contributed by atoms with E-state index in [4.69, 9.17) is 4.98 Å². The third-order valence-electron chi connectivity index (χ3n) is 6.67. The van der Waals surface area contributed by atoms with Gasteiger partial charge in [-0.05, 0) is 65.0 Å². The van der Waals surface area contributed by atoms with E-state index >= 15 is 0 Å². The Morgan fingerprint density at radius 2 is 1.38 bits per heavy atom. The Morgan fingerprint density at radius 3 is 2.26 bits per heavy atom. The molecule has 34 heavy (non-hydrogen) atoms. The molecule has 2 nitrogen and oxygen atoms in total. The number of nitrogens with zero attached hydrogens (tertiary/aromatic N) is 2. The van der Waals surface area contributed by atoms with E-state index in [2.05, 4.69) is 124 Å². The fraction of sp³-hybridized carbons (Fsp3) is 0. The topological polar surface area (TPSA) is 17.8 Å². The van der Waals surface area contributed by atoms with Crippen LogP contribution in [0.2, 0.25) is 0 Å². The van der Waals surface area contributed by atoms with Crippen molar-refractivity contribution in [2.24, 2.45) is 0 Å². The van der Waals surface area contributed by atoms with Crippen LogP contribution in [-0.2, 0) is 0 Å². The van der Waals surface area contributed by atoms with E-state index in [0.717, 1.165) is 21.1 Å². The molecule has 7 rings (SSSR count). The van der Waals surface area contributed by atoms with Gasteiger partial charge in [-0.2, -0.15) is 0 Å². The van der Waals surface area contributed by atoms with Gasteiger partial charge in [0.1, 0.15) is 0 Å². The van der Waals surface area contributed by atoms with Gasteiger partial charge < -0.3 is 4.57 Å². The molecule has 0 saturated carbocycles. The Balaban J connectivity index is 1.57. The van der Waals surface area contributed by atoms with Crippen LogP contribution in [0.5, 0.6) is 0 Å². The van der Waals surface area contributed by atoms with Crippen LogP contribution >= 0.6 is 15.9 Å². The zero-order valence-corrected chi connectivity index (χ0v) is 19.8. The molecule has 0 aliphatic heterocycles. The van der Waals surface area contributed by atoms with Crippen molar-refractivity contribution >= 4 is 59.4 Å². The maximum atomic E-state index is 4.75. The Bertz CT molecular complexity index is 1870. The molecule has 0 aliphatic carbocycles. The Hall–Kier alpha value is -3.95. The molecular weight excluding hydrogens is 480 g/mol. The van der Waals surface area contributed by atoms with Crippen LogP contribution in [0.1, 0.15) is 0 Å². The smallest absolute Gasteiger partial charge is 0.0786 e. The maximum Gasteiger partial charge on any atom is 0.0786 e. The Kier molecular flexibility index (Phi) is 4.33. The standard InChI is InChI=1S/C31H19BrN2/c32-23-14-16-29-27(19-23)26-18-22(13-15-28(26)34(29)24-8-2-1-3-9-24)25-10-4-6-20-11-12-21-7-5-17-33-31(21)30(20)25/h1-19H. The molecule has 0 atom stereocenters. The second-order valence-electron chi connectivity index (χ2n) is 8.61. The summed E-state index contributed by atoms with van der Waals surface area (Å²) in [5.41, 5.74) is 7.02. The molecule has 0 bridgehead atoms. The molecule has 2 aromatic heterocycles. The van der Waals surface area contributed by atoms with Gasteiger partial charge in [0.2, 0.25) is 0 Å². The van der Waals surface area contributed by atoms with E-state index in [0.29, 0.717) is 0 Å². The monoisotopic (exact) mass is 498 g/mol. The molecule has 0 N–H and O–H groups in total. The van der Waals surface area contributed by atoms with Gasteiger partial charge in [0, 0.05) is 37.9 Å². The summed E-state index contributed by atoms with van der Waals surface area (Å²) in [4.78, 5) is 4.75. The van der Waals surface area contributed by atoms with E-state index in [-0.39, 0.29) is 0 Å². The number of para-hydroxylation sites is 1. The van der Waals surface area contributed by atoms with Gasteiger partial charge in [0.25, 0.3) is 0 Å². The van der Waals surface area contributed by atoms with Crippen molar-refractivity contribution in [2.45, 2.75) is 0 Å².